The fourth-order valence-electron chi connectivity index (χ4n) is 1.96. The van der Waals surface area contributed by atoms with Gasteiger partial charge in [-0.25, -0.2) is 9.48 Å². The summed E-state index contributed by atoms with van der Waals surface area (Å²) in [6.45, 7) is 6.78. The summed E-state index contributed by atoms with van der Waals surface area (Å²) in [5.74, 6) is 0.170. The minimum Gasteiger partial charge on any atom is -0.461 e. The maximum absolute atomic E-state index is 11.6. The van der Waals surface area contributed by atoms with Gasteiger partial charge >= 0.3 is 5.97 Å². The van der Waals surface area contributed by atoms with Crippen LogP contribution < -0.4 is 5.73 Å². The lowest BCUT2D eigenvalue weighted by atomic mass is 10.0. The highest BCUT2D eigenvalue weighted by molar-refractivity contribution is 5.91. The van der Waals surface area contributed by atoms with E-state index >= 15 is 0 Å². The quantitative estimate of drug-likeness (QED) is 0.853. The van der Waals surface area contributed by atoms with Crippen molar-refractivity contribution < 1.29 is 9.53 Å². The molecule has 0 fully saturated rings. The second kappa shape index (κ2) is 6.39. The Kier molecular flexibility index (Phi) is 4.57. The van der Waals surface area contributed by atoms with Crippen molar-refractivity contribution >= 4 is 11.8 Å². The predicted octanol–water partition coefficient (Wildman–Crippen LogP) is 2.21. The predicted molar refractivity (Wildman–Crippen MR) is 80.0 cm³/mol. The number of nitrogens with two attached hydrogens (primary N) is 1. The Morgan fingerprint density at radius 3 is 2.57 bits per heavy atom. The molecule has 0 aliphatic rings. The third-order valence-corrected chi connectivity index (χ3v) is 3.22. The lowest BCUT2D eigenvalue weighted by Gasteiger charge is -2.07. The van der Waals surface area contributed by atoms with E-state index in [1.54, 1.807) is 6.92 Å². The molecule has 2 aromatic rings. The zero-order valence-electron chi connectivity index (χ0n) is 12.5. The maximum atomic E-state index is 11.6. The summed E-state index contributed by atoms with van der Waals surface area (Å²) >= 11 is 0. The number of esters is 1. The summed E-state index contributed by atoms with van der Waals surface area (Å²) in [5, 5.41) is 7.70. The summed E-state index contributed by atoms with van der Waals surface area (Å²) in [6, 6.07) is 8.22. The van der Waals surface area contributed by atoms with Crippen LogP contribution in [0.25, 0.3) is 0 Å². The Bertz CT molecular complexity index is 617. The van der Waals surface area contributed by atoms with E-state index in [0.717, 1.165) is 5.56 Å². The zero-order valence-corrected chi connectivity index (χ0v) is 12.5. The van der Waals surface area contributed by atoms with Crippen molar-refractivity contribution in [3.05, 3.63) is 41.1 Å². The molecule has 1 heterocycles. The molecule has 0 bridgehead atoms. The zero-order chi connectivity index (χ0) is 15.4. The Labute approximate surface area is 123 Å². The monoisotopic (exact) mass is 288 g/mol. The second-order valence-electron chi connectivity index (χ2n) is 5.10. The van der Waals surface area contributed by atoms with Gasteiger partial charge < -0.3 is 10.5 Å². The van der Waals surface area contributed by atoms with Gasteiger partial charge in [-0.2, -0.15) is 0 Å². The Morgan fingerprint density at radius 2 is 2.00 bits per heavy atom. The molecule has 1 aromatic heterocycles. The van der Waals surface area contributed by atoms with Gasteiger partial charge in [0, 0.05) is 0 Å². The molecule has 6 nitrogen and oxygen atoms in total. The Hall–Kier alpha value is -2.37. The van der Waals surface area contributed by atoms with E-state index in [2.05, 4.69) is 36.3 Å². The summed E-state index contributed by atoms with van der Waals surface area (Å²) in [5.41, 5.74) is 8.29. The standard InChI is InChI=1S/C15H20N4O2/c1-4-21-15(20)13-14(16)19(18-17-13)9-11-5-7-12(8-6-11)10(2)3/h5-8,10H,4,9,16H2,1-3H3. The third kappa shape index (κ3) is 3.39. The fraction of sp³-hybridized carbons (Fsp3) is 0.400. The second-order valence-corrected chi connectivity index (χ2v) is 5.10. The highest BCUT2D eigenvalue weighted by Crippen LogP contribution is 2.16. The van der Waals surface area contributed by atoms with E-state index in [1.165, 1.54) is 10.2 Å². The average Bonchev–Trinajstić information content (AvgIpc) is 2.81. The normalized spacial score (nSPS) is 10.9. The minimum atomic E-state index is -0.545. The summed E-state index contributed by atoms with van der Waals surface area (Å²) in [4.78, 5) is 11.6. The van der Waals surface area contributed by atoms with E-state index < -0.39 is 5.97 Å². The number of rotatable bonds is 5. The van der Waals surface area contributed by atoms with Gasteiger partial charge in [-0.05, 0) is 24.0 Å². The molecule has 0 saturated carbocycles. The SMILES string of the molecule is CCOC(=O)c1nnn(Cc2ccc(C(C)C)cc2)c1N. The van der Waals surface area contributed by atoms with Gasteiger partial charge in [-0.3, -0.25) is 0 Å². The largest absolute Gasteiger partial charge is 0.461 e. The van der Waals surface area contributed by atoms with E-state index in [9.17, 15) is 4.79 Å². The Balaban J connectivity index is 2.15. The van der Waals surface area contributed by atoms with Crippen LogP contribution in [0.1, 0.15) is 48.3 Å². The molecule has 1 aromatic carbocycles. The Morgan fingerprint density at radius 1 is 1.33 bits per heavy atom. The van der Waals surface area contributed by atoms with Gasteiger partial charge in [-0.1, -0.05) is 43.3 Å². The van der Waals surface area contributed by atoms with E-state index in [4.69, 9.17) is 10.5 Å². The molecule has 6 heteroatoms. The van der Waals surface area contributed by atoms with Crippen LogP contribution in [0.4, 0.5) is 5.82 Å². The van der Waals surface area contributed by atoms with Crippen LogP contribution in [0.2, 0.25) is 0 Å². The number of aromatic nitrogens is 3. The number of carbonyl (C=O) groups excluding carboxylic acids is 1. The van der Waals surface area contributed by atoms with Gasteiger partial charge in [-0.15, -0.1) is 5.10 Å². The molecule has 0 spiro atoms. The maximum Gasteiger partial charge on any atom is 0.362 e. The number of hydrogen-bond donors (Lipinski definition) is 1. The van der Waals surface area contributed by atoms with Crippen LogP contribution in [0.3, 0.4) is 0 Å². The van der Waals surface area contributed by atoms with Crippen molar-refractivity contribution in [2.24, 2.45) is 0 Å². The fourth-order valence-corrected chi connectivity index (χ4v) is 1.96. The van der Waals surface area contributed by atoms with Gasteiger partial charge in [0.2, 0.25) is 5.69 Å². The van der Waals surface area contributed by atoms with Crippen LogP contribution >= 0.6 is 0 Å². The van der Waals surface area contributed by atoms with Crippen molar-refractivity contribution in [2.75, 3.05) is 12.3 Å². The summed E-state index contributed by atoms with van der Waals surface area (Å²) in [6.07, 6.45) is 0. The van der Waals surface area contributed by atoms with Gasteiger partial charge in [0.05, 0.1) is 13.2 Å². The van der Waals surface area contributed by atoms with Crippen LogP contribution in [0.5, 0.6) is 0 Å². The number of hydrogen-bond acceptors (Lipinski definition) is 5. The third-order valence-electron chi connectivity index (χ3n) is 3.22. The number of ether oxygens (including phenoxy) is 1. The van der Waals surface area contributed by atoms with Crippen molar-refractivity contribution in [2.45, 2.75) is 33.2 Å². The molecule has 0 atom stereocenters. The molecule has 0 aliphatic carbocycles. The van der Waals surface area contributed by atoms with E-state index in [0.29, 0.717) is 12.5 Å². The first-order valence-corrected chi connectivity index (χ1v) is 6.97. The highest BCUT2D eigenvalue weighted by atomic mass is 16.5. The lowest BCUT2D eigenvalue weighted by molar-refractivity contribution is 0.0520. The van der Waals surface area contributed by atoms with Crippen LogP contribution in [0, 0.1) is 0 Å². The highest BCUT2D eigenvalue weighted by Gasteiger charge is 2.18. The average molecular weight is 288 g/mol. The summed E-state index contributed by atoms with van der Waals surface area (Å²) in [7, 11) is 0. The first-order valence-electron chi connectivity index (χ1n) is 6.97. The molecular weight excluding hydrogens is 268 g/mol. The van der Waals surface area contributed by atoms with Crippen LogP contribution in [-0.2, 0) is 11.3 Å². The number of benzene rings is 1. The van der Waals surface area contributed by atoms with Crippen LogP contribution in [0.15, 0.2) is 24.3 Å². The van der Waals surface area contributed by atoms with Crippen LogP contribution in [-0.4, -0.2) is 27.6 Å². The van der Waals surface area contributed by atoms with Crippen molar-refractivity contribution in [1.29, 1.82) is 0 Å². The van der Waals surface area contributed by atoms with E-state index in [-0.39, 0.29) is 18.1 Å². The summed E-state index contributed by atoms with van der Waals surface area (Å²) < 4.78 is 6.38. The molecular formula is C15H20N4O2. The first-order chi connectivity index (χ1) is 10.0. The number of carbonyl (C=O) groups is 1. The van der Waals surface area contributed by atoms with Gasteiger partial charge in [0.15, 0.2) is 5.82 Å². The lowest BCUT2D eigenvalue weighted by Crippen LogP contribution is -2.10. The molecule has 21 heavy (non-hydrogen) atoms. The minimum absolute atomic E-state index is 0.0654. The number of nitrogen functional groups attached to an aromatic ring is 1. The number of nitrogens with zero attached hydrogens (tertiary/aromatic N) is 3. The molecule has 0 saturated heterocycles. The first kappa shape index (κ1) is 15.0. The smallest absolute Gasteiger partial charge is 0.362 e. The molecule has 0 radical (unpaired) electrons. The molecule has 0 amide bonds. The molecule has 2 N–H and O–H groups in total. The van der Waals surface area contributed by atoms with Crippen molar-refractivity contribution in [3.63, 3.8) is 0 Å². The van der Waals surface area contributed by atoms with Gasteiger partial charge in [0.1, 0.15) is 0 Å². The molecule has 0 aliphatic heterocycles. The molecule has 112 valence electrons. The molecule has 2 rings (SSSR count). The number of anilines is 1. The van der Waals surface area contributed by atoms with Crippen molar-refractivity contribution in [1.82, 2.24) is 15.0 Å². The van der Waals surface area contributed by atoms with Crippen molar-refractivity contribution in [3.8, 4) is 0 Å². The van der Waals surface area contributed by atoms with Gasteiger partial charge in [0.25, 0.3) is 0 Å². The molecule has 0 unspecified atom stereocenters. The topological polar surface area (TPSA) is 83.0 Å². The van der Waals surface area contributed by atoms with E-state index in [1.807, 2.05) is 12.1 Å².